The molecule has 5 nitrogen and oxygen atoms in total. The number of hydrogen-bond donors (Lipinski definition) is 1. The molecular formula is C20H30N2O3S. The summed E-state index contributed by atoms with van der Waals surface area (Å²) in [7, 11) is -3.17. The van der Waals surface area contributed by atoms with Gasteiger partial charge in [-0.05, 0) is 43.5 Å². The number of likely N-dealkylation sites (tertiary alicyclic amines) is 1. The molecule has 3 rings (SSSR count). The van der Waals surface area contributed by atoms with Gasteiger partial charge >= 0.3 is 0 Å². The predicted molar refractivity (Wildman–Crippen MR) is 103 cm³/mol. The Labute approximate surface area is 157 Å². The molecule has 1 amide bonds. The molecule has 6 heteroatoms. The van der Waals surface area contributed by atoms with Crippen LogP contribution in [0, 0.1) is 5.92 Å². The van der Waals surface area contributed by atoms with Crippen molar-refractivity contribution in [3.8, 4) is 0 Å². The molecule has 1 saturated heterocycles. The molecule has 0 aromatic heterocycles. The number of carbonyl (C=O) groups excluding carboxylic acids is 1. The zero-order valence-electron chi connectivity index (χ0n) is 15.6. The molecule has 0 radical (unpaired) electrons. The van der Waals surface area contributed by atoms with Crippen LogP contribution in [0.4, 0.5) is 0 Å². The number of carbonyl (C=O) groups is 1. The van der Waals surface area contributed by atoms with Crippen LogP contribution in [-0.2, 0) is 21.2 Å². The SMILES string of the molecule is CCS(=O)(=O)c1ccc(CNC(=O)C2CCN(C3CCCCC3)C2)cc1. The zero-order chi connectivity index (χ0) is 18.6. The van der Waals surface area contributed by atoms with E-state index in [1.54, 1.807) is 31.2 Å². The quantitative estimate of drug-likeness (QED) is 0.827. The second kappa shape index (κ2) is 8.53. The monoisotopic (exact) mass is 378 g/mol. The lowest BCUT2D eigenvalue weighted by atomic mass is 9.94. The van der Waals surface area contributed by atoms with Crippen molar-refractivity contribution < 1.29 is 13.2 Å². The Balaban J connectivity index is 1.48. The van der Waals surface area contributed by atoms with E-state index in [1.165, 1.54) is 32.1 Å². The minimum absolute atomic E-state index is 0.0802. The molecule has 26 heavy (non-hydrogen) atoms. The molecule has 2 fully saturated rings. The molecule has 0 bridgehead atoms. The Hall–Kier alpha value is -1.40. The first kappa shape index (κ1) is 19.4. The Morgan fingerprint density at radius 3 is 2.46 bits per heavy atom. The van der Waals surface area contributed by atoms with E-state index in [9.17, 15) is 13.2 Å². The van der Waals surface area contributed by atoms with Crippen molar-refractivity contribution in [3.63, 3.8) is 0 Å². The van der Waals surface area contributed by atoms with E-state index in [0.29, 0.717) is 17.5 Å². The van der Waals surface area contributed by atoms with Gasteiger partial charge in [-0.3, -0.25) is 9.69 Å². The van der Waals surface area contributed by atoms with Crippen LogP contribution < -0.4 is 5.32 Å². The molecule has 1 atom stereocenters. The second-order valence-corrected chi connectivity index (χ2v) is 9.82. The van der Waals surface area contributed by atoms with Crippen LogP contribution in [0.25, 0.3) is 0 Å². The van der Waals surface area contributed by atoms with E-state index in [1.807, 2.05) is 0 Å². The first-order valence-corrected chi connectivity index (χ1v) is 11.5. The topological polar surface area (TPSA) is 66.5 Å². The first-order chi connectivity index (χ1) is 12.5. The van der Waals surface area contributed by atoms with Gasteiger partial charge in [0.05, 0.1) is 16.6 Å². The molecule has 1 aromatic rings. The maximum atomic E-state index is 12.5. The fourth-order valence-corrected chi connectivity index (χ4v) is 4.98. The molecule has 1 heterocycles. The van der Waals surface area contributed by atoms with Crippen molar-refractivity contribution >= 4 is 15.7 Å². The predicted octanol–water partition coefficient (Wildman–Crippen LogP) is 2.75. The highest BCUT2D eigenvalue weighted by molar-refractivity contribution is 7.91. The van der Waals surface area contributed by atoms with Gasteiger partial charge < -0.3 is 5.32 Å². The Bertz CT molecular complexity index is 709. The smallest absolute Gasteiger partial charge is 0.224 e. The van der Waals surface area contributed by atoms with Crippen LogP contribution in [0.3, 0.4) is 0 Å². The maximum absolute atomic E-state index is 12.5. The first-order valence-electron chi connectivity index (χ1n) is 9.83. The number of benzene rings is 1. The molecule has 1 aromatic carbocycles. The molecule has 1 aliphatic heterocycles. The van der Waals surface area contributed by atoms with Gasteiger partial charge in [-0.2, -0.15) is 0 Å². The highest BCUT2D eigenvalue weighted by atomic mass is 32.2. The molecule has 1 unspecified atom stereocenters. The van der Waals surface area contributed by atoms with Crippen molar-refractivity contribution in [1.82, 2.24) is 10.2 Å². The molecule has 1 saturated carbocycles. The van der Waals surface area contributed by atoms with Crippen molar-refractivity contribution in [2.24, 2.45) is 5.92 Å². The standard InChI is InChI=1S/C20H30N2O3S/c1-2-26(24,25)19-10-8-16(9-11-19)14-21-20(23)17-12-13-22(15-17)18-6-4-3-5-7-18/h8-11,17-18H,2-7,12-15H2,1H3,(H,21,23). The number of nitrogens with zero attached hydrogens (tertiary/aromatic N) is 1. The highest BCUT2D eigenvalue weighted by Crippen LogP contribution is 2.27. The summed E-state index contributed by atoms with van der Waals surface area (Å²) in [5.74, 6) is 0.299. The fraction of sp³-hybridized carbons (Fsp3) is 0.650. The van der Waals surface area contributed by atoms with Gasteiger partial charge in [0.25, 0.3) is 0 Å². The average Bonchev–Trinajstić information content (AvgIpc) is 3.17. The summed E-state index contributed by atoms with van der Waals surface area (Å²) in [4.78, 5) is 15.3. The third-order valence-electron chi connectivity index (χ3n) is 5.81. The molecule has 2 aliphatic rings. The van der Waals surface area contributed by atoms with E-state index >= 15 is 0 Å². The summed E-state index contributed by atoms with van der Waals surface area (Å²) in [6.07, 6.45) is 7.49. The van der Waals surface area contributed by atoms with Gasteiger partial charge in [0, 0.05) is 19.1 Å². The lowest BCUT2D eigenvalue weighted by molar-refractivity contribution is -0.124. The molecule has 144 valence electrons. The third kappa shape index (κ3) is 4.65. The largest absolute Gasteiger partial charge is 0.352 e. The molecule has 0 spiro atoms. The number of nitrogens with one attached hydrogen (secondary N) is 1. The van der Waals surface area contributed by atoms with E-state index in [2.05, 4.69) is 10.2 Å². The van der Waals surface area contributed by atoms with Gasteiger partial charge in [-0.25, -0.2) is 8.42 Å². The normalized spacial score (nSPS) is 22.4. The Kier molecular flexibility index (Phi) is 6.35. The molecule has 1 aliphatic carbocycles. The van der Waals surface area contributed by atoms with Gasteiger partial charge in [0.15, 0.2) is 9.84 Å². The number of rotatable bonds is 6. The lowest BCUT2D eigenvalue weighted by Crippen LogP contribution is -2.37. The summed E-state index contributed by atoms with van der Waals surface area (Å²) >= 11 is 0. The van der Waals surface area contributed by atoms with E-state index in [-0.39, 0.29) is 17.6 Å². The summed E-state index contributed by atoms with van der Waals surface area (Å²) in [5.41, 5.74) is 0.926. The van der Waals surface area contributed by atoms with Crippen molar-refractivity contribution in [2.45, 2.75) is 62.9 Å². The van der Waals surface area contributed by atoms with Crippen LogP contribution in [0.1, 0.15) is 51.0 Å². The average molecular weight is 379 g/mol. The number of amides is 1. The second-order valence-electron chi connectivity index (χ2n) is 7.54. The third-order valence-corrected chi connectivity index (χ3v) is 7.56. The summed E-state index contributed by atoms with van der Waals surface area (Å²) in [5, 5.41) is 3.02. The van der Waals surface area contributed by atoms with Crippen molar-refractivity contribution in [2.75, 3.05) is 18.8 Å². The van der Waals surface area contributed by atoms with E-state index < -0.39 is 9.84 Å². The van der Waals surface area contributed by atoms with Gasteiger partial charge in [-0.15, -0.1) is 0 Å². The Morgan fingerprint density at radius 1 is 1.12 bits per heavy atom. The van der Waals surface area contributed by atoms with Crippen LogP contribution in [0.2, 0.25) is 0 Å². The lowest BCUT2D eigenvalue weighted by Gasteiger charge is -2.30. The van der Waals surface area contributed by atoms with Crippen LogP contribution in [0.15, 0.2) is 29.2 Å². The Morgan fingerprint density at radius 2 is 1.81 bits per heavy atom. The molecular weight excluding hydrogens is 348 g/mol. The van der Waals surface area contributed by atoms with E-state index in [0.717, 1.165) is 25.1 Å². The van der Waals surface area contributed by atoms with Gasteiger partial charge in [0.2, 0.25) is 5.91 Å². The summed E-state index contributed by atoms with van der Waals surface area (Å²) < 4.78 is 23.7. The van der Waals surface area contributed by atoms with Crippen molar-refractivity contribution in [1.29, 1.82) is 0 Å². The fourth-order valence-electron chi connectivity index (χ4n) is 4.09. The highest BCUT2D eigenvalue weighted by Gasteiger charge is 2.32. The number of hydrogen-bond acceptors (Lipinski definition) is 4. The maximum Gasteiger partial charge on any atom is 0.224 e. The van der Waals surface area contributed by atoms with Crippen LogP contribution in [0.5, 0.6) is 0 Å². The van der Waals surface area contributed by atoms with Gasteiger partial charge in [0.1, 0.15) is 0 Å². The minimum atomic E-state index is -3.17. The van der Waals surface area contributed by atoms with Crippen molar-refractivity contribution in [3.05, 3.63) is 29.8 Å². The summed E-state index contributed by atoms with van der Waals surface area (Å²) in [6.45, 7) is 4.00. The molecule has 1 N–H and O–H groups in total. The van der Waals surface area contributed by atoms with Gasteiger partial charge in [-0.1, -0.05) is 38.3 Å². The van der Waals surface area contributed by atoms with Crippen LogP contribution in [-0.4, -0.2) is 44.1 Å². The summed E-state index contributed by atoms with van der Waals surface area (Å²) in [6, 6.07) is 7.49. The zero-order valence-corrected chi connectivity index (χ0v) is 16.4. The number of sulfone groups is 1. The van der Waals surface area contributed by atoms with E-state index in [4.69, 9.17) is 0 Å². The van der Waals surface area contributed by atoms with Crippen LogP contribution >= 0.6 is 0 Å². The minimum Gasteiger partial charge on any atom is -0.352 e.